The molecule has 0 fully saturated rings. The quantitative estimate of drug-likeness (QED) is 0.412. The number of fused-ring (bicyclic) bond motifs is 2. The Morgan fingerprint density at radius 2 is 1.84 bits per heavy atom. The van der Waals surface area contributed by atoms with Gasteiger partial charge in [0.25, 0.3) is 6.43 Å². The van der Waals surface area contributed by atoms with Gasteiger partial charge in [-0.2, -0.15) is 13.2 Å². The minimum absolute atomic E-state index is 0.0113. The van der Waals surface area contributed by atoms with E-state index >= 15 is 0 Å². The average molecular weight is 471 g/mol. The highest BCUT2D eigenvalue weighted by Gasteiger charge is 2.34. The first-order chi connectivity index (χ1) is 14.9. The van der Waals surface area contributed by atoms with Gasteiger partial charge in [-0.3, -0.25) is 4.98 Å². The minimum atomic E-state index is -4.74. The summed E-state index contributed by atoms with van der Waals surface area (Å²) in [5, 5.41) is 7.06. The number of imidazole rings is 1. The van der Waals surface area contributed by atoms with E-state index in [0.717, 1.165) is 12.1 Å². The van der Waals surface area contributed by atoms with Gasteiger partial charge in [-0.05, 0) is 6.07 Å². The fraction of sp³-hybridized carbons (Fsp3) is 0.263. The van der Waals surface area contributed by atoms with E-state index in [2.05, 4.69) is 20.2 Å². The maximum absolute atomic E-state index is 13.1. The number of hydrogen-bond donors (Lipinski definition) is 0. The van der Waals surface area contributed by atoms with Crippen molar-refractivity contribution >= 4 is 31.8 Å². The Labute approximate surface area is 177 Å². The summed E-state index contributed by atoms with van der Waals surface area (Å²) in [6, 6.07) is 4.22. The van der Waals surface area contributed by atoms with Crippen LogP contribution in [0.2, 0.25) is 0 Å². The standard InChI is InChI=1S/C19H14F5N5O2S/c1-3-32(30,31)15-11-5-4-9(16(20)21)6-10(11)8-25-14(15)18-26-12-7-13(19(22,23)24)27-28-17(12)29(18)2/h4-8,16H,3H2,1-2H3. The van der Waals surface area contributed by atoms with Crippen LogP contribution in [0.1, 0.15) is 24.6 Å². The molecule has 32 heavy (non-hydrogen) atoms. The van der Waals surface area contributed by atoms with Crippen LogP contribution in [0.4, 0.5) is 22.0 Å². The van der Waals surface area contributed by atoms with E-state index in [9.17, 15) is 30.4 Å². The summed E-state index contributed by atoms with van der Waals surface area (Å²) >= 11 is 0. The molecule has 0 atom stereocenters. The molecule has 4 aromatic rings. The Morgan fingerprint density at radius 1 is 1.12 bits per heavy atom. The van der Waals surface area contributed by atoms with Crippen LogP contribution in [0, 0.1) is 0 Å². The summed E-state index contributed by atoms with van der Waals surface area (Å²) < 4.78 is 92.3. The molecular weight excluding hydrogens is 457 g/mol. The predicted octanol–water partition coefficient (Wildman–Crippen LogP) is 4.33. The molecule has 0 bridgehead atoms. The highest BCUT2D eigenvalue weighted by molar-refractivity contribution is 7.91. The molecule has 0 radical (unpaired) electrons. The molecule has 0 amide bonds. The zero-order valence-corrected chi connectivity index (χ0v) is 17.3. The third-order valence-corrected chi connectivity index (χ3v) is 6.73. The third kappa shape index (κ3) is 3.55. The van der Waals surface area contributed by atoms with Crippen LogP contribution < -0.4 is 0 Å². The zero-order valence-electron chi connectivity index (χ0n) is 16.5. The van der Waals surface area contributed by atoms with Gasteiger partial charge in [0.05, 0.1) is 5.75 Å². The Morgan fingerprint density at radius 3 is 2.47 bits per heavy atom. The normalized spacial score (nSPS) is 12.9. The van der Waals surface area contributed by atoms with Gasteiger partial charge in [0.2, 0.25) is 0 Å². The highest BCUT2D eigenvalue weighted by Crippen LogP contribution is 2.35. The number of pyridine rings is 1. The van der Waals surface area contributed by atoms with Crippen LogP contribution in [0.3, 0.4) is 0 Å². The third-order valence-electron chi connectivity index (χ3n) is 4.93. The predicted molar refractivity (Wildman–Crippen MR) is 105 cm³/mol. The van der Waals surface area contributed by atoms with Crippen molar-refractivity contribution in [1.82, 2.24) is 24.7 Å². The van der Waals surface area contributed by atoms with Crippen LogP contribution in [-0.2, 0) is 23.1 Å². The van der Waals surface area contributed by atoms with Crippen LogP contribution in [0.25, 0.3) is 33.5 Å². The van der Waals surface area contributed by atoms with E-state index < -0.39 is 28.1 Å². The Bertz CT molecular complexity index is 1460. The van der Waals surface area contributed by atoms with E-state index in [1.54, 1.807) is 0 Å². The van der Waals surface area contributed by atoms with Gasteiger partial charge in [0, 0.05) is 35.6 Å². The Hall–Kier alpha value is -3.22. The van der Waals surface area contributed by atoms with Crippen molar-refractivity contribution in [3.8, 4) is 11.5 Å². The lowest BCUT2D eigenvalue weighted by Crippen LogP contribution is -2.10. The second-order valence-corrected chi connectivity index (χ2v) is 9.13. The monoisotopic (exact) mass is 471 g/mol. The molecule has 3 aromatic heterocycles. The van der Waals surface area contributed by atoms with Gasteiger partial charge < -0.3 is 4.57 Å². The number of alkyl halides is 5. The fourth-order valence-electron chi connectivity index (χ4n) is 3.31. The second kappa shape index (κ2) is 7.43. The molecule has 1 aromatic carbocycles. The van der Waals surface area contributed by atoms with Crippen molar-refractivity contribution in [1.29, 1.82) is 0 Å². The maximum atomic E-state index is 13.1. The zero-order chi connectivity index (χ0) is 23.4. The summed E-state index contributed by atoms with van der Waals surface area (Å²) in [4.78, 5) is 8.02. The summed E-state index contributed by atoms with van der Waals surface area (Å²) in [6.45, 7) is 1.40. The molecule has 3 heterocycles. The lowest BCUT2D eigenvalue weighted by atomic mass is 10.1. The SMILES string of the molecule is CCS(=O)(=O)c1c(-c2nc3cc(C(F)(F)F)nnc3n2C)ncc2cc(C(F)F)ccc12. The number of rotatable bonds is 4. The van der Waals surface area contributed by atoms with E-state index in [1.807, 2.05) is 0 Å². The fourth-order valence-corrected chi connectivity index (χ4v) is 4.55. The van der Waals surface area contributed by atoms with Crippen LogP contribution in [-0.4, -0.2) is 38.9 Å². The smallest absolute Gasteiger partial charge is 0.309 e. The number of aromatic nitrogens is 5. The molecule has 168 valence electrons. The van der Waals surface area contributed by atoms with Gasteiger partial charge >= 0.3 is 6.18 Å². The largest absolute Gasteiger partial charge is 0.435 e. The van der Waals surface area contributed by atoms with Crippen LogP contribution in [0.5, 0.6) is 0 Å². The van der Waals surface area contributed by atoms with E-state index in [-0.39, 0.29) is 49.7 Å². The molecular formula is C19H14F5N5O2S. The van der Waals surface area contributed by atoms with Crippen molar-refractivity contribution in [3.63, 3.8) is 0 Å². The molecule has 0 aliphatic heterocycles. The van der Waals surface area contributed by atoms with E-state index in [4.69, 9.17) is 0 Å². The van der Waals surface area contributed by atoms with E-state index in [1.165, 1.54) is 30.8 Å². The van der Waals surface area contributed by atoms with Gasteiger partial charge in [-0.25, -0.2) is 22.2 Å². The van der Waals surface area contributed by atoms with Crippen molar-refractivity contribution in [2.75, 3.05) is 5.75 Å². The molecule has 0 saturated carbocycles. The second-order valence-electron chi connectivity index (χ2n) is 6.92. The molecule has 13 heteroatoms. The number of nitrogens with zero attached hydrogens (tertiary/aromatic N) is 5. The molecule has 7 nitrogen and oxygen atoms in total. The first-order valence-electron chi connectivity index (χ1n) is 9.15. The Kier molecular flexibility index (Phi) is 5.11. The summed E-state index contributed by atoms with van der Waals surface area (Å²) in [6.07, 6.45) is -6.28. The number of benzene rings is 1. The Balaban J connectivity index is 2.04. The molecule has 0 unspecified atom stereocenters. The number of halogens is 5. The summed E-state index contributed by atoms with van der Waals surface area (Å²) in [7, 11) is -2.51. The highest BCUT2D eigenvalue weighted by atomic mass is 32.2. The lowest BCUT2D eigenvalue weighted by molar-refractivity contribution is -0.141. The van der Waals surface area contributed by atoms with E-state index in [0.29, 0.717) is 6.07 Å². The van der Waals surface area contributed by atoms with Gasteiger partial charge in [0.1, 0.15) is 16.1 Å². The van der Waals surface area contributed by atoms with Crippen LogP contribution in [0.15, 0.2) is 35.4 Å². The summed E-state index contributed by atoms with van der Waals surface area (Å²) in [5.74, 6) is -0.375. The molecule has 0 N–H and O–H groups in total. The molecule has 0 saturated heterocycles. The average Bonchev–Trinajstić information content (AvgIpc) is 3.07. The first-order valence-corrected chi connectivity index (χ1v) is 10.8. The minimum Gasteiger partial charge on any atom is -0.309 e. The lowest BCUT2D eigenvalue weighted by Gasteiger charge is -2.13. The number of aryl methyl sites for hydroxylation is 1. The van der Waals surface area contributed by atoms with Gasteiger partial charge in [0.15, 0.2) is 27.0 Å². The maximum Gasteiger partial charge on any atom is 0.435 e. The van der Waals surface area contributed by atoms with Crippen LogP contribution >= 0.6 is 0 Å². The van der Waals surface area contributed by atoms with Crippen molar-refractivity contribution in [3.05, 3.63) is 41.7 Å². The summed E-state index contributed by atoms with van der Waals surface area (Å²) in [5.41, 5.74) is -1.84. The molecule has 4 rings (SSSR count). The topological polar surface area (TPSA) is 90.6 Å². The van der Waals surface area contributed by atoms with Crippen molar-refractivity contribution in [2.45, 2.75) is 24.4 Å². The van der Waals surface area contributed by atoms with Crippen molar-refractivity contribution < 1.29 is 30.4 Å². The first kappa shape index (κ1) is 22.0. The van der Waals surface area contributed by atoms with Crippen molar-refractivity contribution in [2.24, 2.45) is 7.05 Å². The molecule has 0 aliphatic carbocycles. The molecule has 0 aliphatic rings. The van der Waals surface area contributed by atoms with Gasteiger partial charge in [-0.15, -0.1) is 10.2 Å². The van der Waals surface area contributed by atoms with Gasteiger partial charge in [-0.1, -0.05) is 19.1 Å². The number of hydrogen-bond acceptors (Lipinski definition) is 6. The number of sulfone groups is 1. The molecule has 0 spiro atoms.